The number of hydrogen-bond donors (Lipinski definition) is 0. The van der Waals surface area contributed by atoms with E-state index in [-0.39, 0.29) is 19.0 Å². The summed E-state index contributed by atoms with van der Waals surface area (Å²) in [6, 6.07) is 0. The molecule has 0 aliphatic rings. The largest absolute Gasteiger partial charge is 0.412 e. The highest BCUT2D eigenvalue weighted by Gasteiger charge is 1.48. The van der Waals surface area contributed by atoms with Gasteiger partial charge in [0.05, 0.1) is 0 Å². The highest BCUT2D eigenvalue weighted by molar-refractivity contribution is 7.78. The molecule has 0 aromatic heterocycles. The normalized spacial score (nSPS) is 4.17. The van der Waals surface area contributed by atoms with Crippen LogP contribution in [0.1, 0.15) is 13.3 Å². The molecular weight excluding hydrogens is 116 g/mol. The van der Waals surface area contributed by atoms with Crippen molar-refractivity contribution in [1.82, 2.24) is 0 Å². The van der Waals surface area contributed by atoms with Crippen LogP contribution in [0.5, 0.6) is 0 Å². The third kappa shape index (κ3) is 26.0. The Balaban J connectivity index is -0.0000000450. The van der Waals surface area contributed by atoms with Gasteiger partial charge < -0.3 is 5.48 Å². The van der Waals surface area contributed by atoms with Crippen LogP contribution in [-0.4, -0.2) is 10.8 Å². The van der Waals surface area contributed by atoms with Gasteiger partial charge in [0, 0.05) is 0 Å². The molecule has 0 spiro atoms. The summed E-state index contributed by atoms with van der Waals surface area (Å²) in [5, 5.41) is 1.71. The van der Waals surface area contributed by atoms with Crippen molar-refractivity contribution >= 4 is 31.1 Å². The Hall–Kier alpha value is 0.400. The molecule has 0 amide bonds. The van der Waals surface area contributed by atoms with Crippen molar-refractivity contribution in [2.45, 2.75) is 13.3 Å². The van der Waals surface area contributed by atoms with Crippen molar-refractivity contribution in [3.63, 3.8) is 0 Å². The summed E-state index contributed by atoms with van der Waals surface area (Å²) in [7, 11) is 0. The Bertz CT molecular complexity index is 22.8. The van der Waals surface area contributed by atoms with Gasteiger partial charge in [-0.1, -0.05) is 19.1 Å². The van der Waals surface area contributed by atoms with E-state index in [1.807, 2.05) is 6.92 Å². The van der Waals surface area contributed by atoms with Gasteiger partial charge in [0.25, 0.3) is 0 Å². The number of thiocarbonyl (C=S) groups is 1. The fraction of sp³-hybridized carbons (Fsp3) is 0.667. The second kappa shape index (κ2) is 18.2. The lowest BCUT2D eigenvalue weighted by atomic mass is 10.6. The summed E-state index contributed by atoms with van der Waals surface area (Å²) in [4.78, 5) is 0. The smallest absolute Gasteiger partial charge is 0.0213 e. The van der Waals surface area contributed by atoms with E-state index in [2.05, 4.69) is 12.2 Å². The Labute approximate surface area is 50.5 Å². The van der Waals surface area contributed by atoms with Crippen molar-refractivity contribution in [1.29, 1.82) is 0 Å². The van der Waals surface area contributed by atoms with Gasteiger partial charge in [-0.05, 0) is 11.8 Å². The van der Waals surface area contributed by atoms with E-state index in [1.165, 1.54) is 0 Å². The second-order valence-corrected chi connectivity index (χ2v) is 0.908. The predicted molar refractivity (Wildman–Crippen MR) is 37.9 cm³/mol. The molecule has 0 rings (SSSR count). The van der Waals surface area contributed by atoms with Crippen molar-refractivity contribution in [2.24, 2.45) is 0 Å². The molecule has 0 aromatic carbocycles. The molecular formula is C3H10OS2. The molecule has 3 heteroatoms. The zero-order chi connectivity index (χ0) is 3.41. The highest BCUT2D eigenvalue weighted by Crippen LogP contribution is 1.59. The lowest BCUT2D eigenvalue weighted by Crippen LogP contribution is -1.49. The minimum Gasteiger partial charge on any atom is -0.412 e. The Kier molecular flexibility index (Phi) is 48.8. The van der Waals surface area contributed by atoms with Crippen LogP contribution in [0.15, 0.2) is 0 Å². The molecule has 40 valence electrons. The summed E-state index contributed by atoms with van der Waals surface area (Å²) in [5.41, 5.74) is 0. The van der Waals surface area contributed by atoms with Gasteiger partial charge in [-0.2, -0.15) is 13.5 Å². The fourth-order valence-corrected chi connectivity index (χ4v) is 0. The predicted octanol–water partition coefficient (Wildman–Crippen LogP) is 0.684. The van der Waals surface area contributed by atoms with Crippen LogP contribution in [0.2, 0.25) is 0 Å². The highest BCUT2D eigenvalue weighted by atomic mass is 32.1. The zero-order valence-corrected chi connectivity index (χ0v) is 5.51. The third-order valence-electron chi connectivity index (χ3n) is 0.167. The van der Waals surface area contributed by atoms with Gasteiger partial charge in [0.15, 0.2) is 0 Å². The van der Waals surface area contributed by atoms with E-state index < -0.39 is 0 Å². The van der Waals surface area contributed by atoms with E-state index in [0.29, 0.717) is 0 Å². The van der Waals surface area contributed by atoms with Gasteiger partial charge in [-0.25, -0.2) is 0 Å². The molecule has 0 aliphatic carbocycles. The number of rotatable bonds is 1. The van der Waals surface area contributed by atoms with Crippen LogP contribution in [0.3, 0.4) is 0 Å². The van der Waals surface area contributed by atoms with Gasteiger partial charge in [0.1, 0.15) is 0 Å². The molecule has 0 radical (unpaired) electrons. The standard InChI is InChI=1S/C3H6S.H2O.H2S/c1-2-3-4;;/h3H,2H2,1H3;2*1H2. The maximum absolute atomic E-state index is 4.43. The summed E-state index contributed by atoms with van der Waals surface area (Å²) in [6.45, 7) is 2.02. The number of hydrogen-bond acceptors (Lipinski definition) is 1. The quantitative estimate of drug-likeness (QED) is 0.475. The van der Waals surface area contributed by atoms with E-state index >= 15 is 0 Å². The minimum absolute atomic E-state index is 0. The molecule has 0 bridgehead atoms. The molecule has 0 unspecified atom stereocenters. The van der Waals surface area contributed by atoms with Crippen LogP contribution in [0, 0.1) is 0 Å². The summed E-state index contributed by atoms with van der Waals surface area (Å²) in [5.74, 6) is 0. The first-order chi connectivity index (χ1) is 1.91. The molecule has 2 N–H and O–H groups in total. The third-order valence-corrected chi connectivity index (χ3v) is 0.500. The van der Waals surface area contributed by atoms with Crippen LogP contribution < -0.4 is 0 Å². The van der Waals surface area contributed by atoms with Crippen LogP contribution in [0.25, 0.3) is 0 Å². The Morgan fingerprint density at radius 1 is 1.67 bits per heavy atom. The topological polar surface area (TPSA) is 31.5 Å². The molecule has 0 fully saturated rings. The molecule has 0 heterocycles. The molecule has 0 aliphatic heterocycles. The average Bonchev–Trinajstić information content (AvgIpc) is 1.37. The lowest BCUT2D eigenvalue weighted by molar-refractivity contribution is 0.824. The Morgan fingerprint density at radius 2 is 1.83 bits per heavy atom. The molecule has 6 heavy (non-hydrogen) atoms. The van der Waals surface area contributed by atoms with Crippen molar-refractivity contribution in [3.05, 3.63) is 0 Å². The molecule has 0 aromatic rings. The van der Waals surface area contributed by atoms with Gasteiger partial charge in [-0.3, -0.25) is 0 Å². The van der Waals surface area contributed by atoms with Gasteiger partial charge in [0.2, 0.25) is 0 Å². The Morgan fingerprint density at radius 3 is 1.83 bits per heavy atom. The van der Waals surface area contributed by atoms with E-state index in [0.717, 1.165) is 6.42 Å². The van der Waals surface area contributed by atoms with E-state index in [9.17, 15) is 0 Å². The SMILES string of the molecule is CCC=S.O.S. The van der Waals surface area contributed by atoms with Crippen LogP contribution >= 0.6 is 25.7 Å². The average molecular weight is 126 g/mol. The van der Waals surface area contributed by atoms with E-state index in [4.69, 9.17) is 0 Å². The van der Waals surface area contributed by atoms with Gasteiger partial charge in [-0.15, -0.1) is 0 Å². The summed E-state index contributed by atoms with van der Waals surface area (Å²) >= 11 is 4.43. The van der Waals surface area contributed by atoms with Crippen molar-refractivity contribution in [3.8, 4) is 0 Å². The second-order valence-electron chi connectivity index (χ2n) is 0.575. The molecule has 0 saturated heterocycles. The van der Waals surface area contributed by atoms with Crippen LogP contribution in [0.4, 0.5) is 0 Å². The zero-order valence-electron chi connectivity index (χ0n) is 3.69. The minimum atomic E-state index is 0. The maximum Gasteiger partial charge on any atom is -0.0213 e. The van der Waals surface area contributed by atoms with Gasteiger partial charge >= 0.3 is 0 Å². The molecule has 0 saturated carbocycles. The van der Waals surface area contributed by atoms with Crippen molar-refractivity contribution in [2.75, 3.05) is 0 Å². The summed E-state index contributed by atoms with van der Waals surface area (Å²) in [6.07, 6.45) is 1.01. The monoisotopic (exact) mass is 126 g/mol. The first-order valence-electron chi connectivity index (χ1n) is 1.35. The van der Waals surface area contributed by atoms with Crippen LogP contribution in [-0.2, 0) is 0 Å². The maximum atomic E-state index is 4.43. The summed E-state index contributed by atoms with van der Waals surface area (Å²) < 4.78 is 0. The van der Waals surface area contributed by atoms with E-state index in [1.54, 1.807) is 5.37 Å². The lowest BCUT2D eigenvalue weighted by Gasteiger charge is -1.55. The fourth-order valence-electron chi connectivity index (χ4n) is 0. The first kappa shape index (κ1) is 16.1. The van der Waals surface area contributed by atoms with Crippen molar-refractivity contribution < 1.29 is 5.48 Å². The molecule has 1 nitrogen and oxygen atoms in total. The molecule has 0 atom stereocenters. The first-order valence-corrected chi connectivity index (χ1v) is 1.82.